The largest absolute Gasteiger partial charge is 0.459 e. The summed E-state index contributed by atoms with van der Waals surface area (Å²) in [4.78, 5) is 12.0. The maximum absolute atomic E-state index is 12.0. The number of nitrogens with zero attached hydrogens (tertiary/aromatic N) is 1. The third-order valence-electron chi connectivity index (χ3n) is 2.67. The smallest absolute Gasteiger partial charge is 0.324 e. The lowest BCUT2D eigenvalue weighted by Gasteiger charge is -2.33. The van der Waals surface area contributed by atoms with Gasteiger partial charge in [0, 0.05) is 12.0 Å². The third kappa shape index (κ3) is 3.81. The lowest BCUT2D eigenvalue weighted by atomic mass is 10.0. The van der Waals surface area contributed by atoms with E-state index < -0.39 is 27.6 Å². The molecule has 0 bridgehead atoms. The Kier molecular flexibility index (Phi) is 4.55. The second-order valence-electron chi connectivity index (χ2n) is 5.37. The van der Waals surface area contributed by atoms with Gasteiger partial charge in [0.25, 0.3) is 0 Å². The van der Waals surface area contributed by atoms with Crippen LogP contribution in [0.3, 0.4) is 0 Å². The van der Waals surface area contributed by atoms with E-state index in [2.05, 4.69) is 6.58 Å². The Morgan fingerprint density at radius 1 is 1.39 bits per heavy atom. The number of esters is 1. The molecule has 0 spiro atoms. The fourth-order valence-electron chi connectivity index (χ4n) is 1.91. The van der Waals surface area contributed by atoms with E-state index in [0.29, 0.717) is 13.0 Å². The molecule has 18 heavy (non-hydrogen) atoms. The van der Waals surface area contributed by atoms with Crippen molar-refractivity contribution in [3.8, 4) is 0 Å². The molecule has 0 saturated carbocycles. The van der Waals surface area contributed by atoms with Gasteiger partial charge in [-0.05, 0) is 40.0 Å². The first kappa shape index (κ1) is 15.2. The Morgan fingerprint density at radius 2 is 2.00 bits per heavy atom. The molecule has 1 unspecified atom stereocenters. The summed E-state index contributed by atoms with van der Waals surface area (Å²) in [5.74, 6) is -0.479. The SMILES string of the molecule is C=CS(=O)(=O)N1CCCCC1C(=O)OC(C)(C)C. The summed E-state index contributed by atoms with van der Waals surface area (Å²) >= 11 is 0. The third-order valence-corrected chi connectivity index (χ3v) is 4.18. The molecule has 0 aromatic heterocycles. The second kappa shape index (κ2) is 5.40. The van der Waals surface area contributed by atoms with Gasteiger partial charge in [-0.1, -0.05) is 6.58 Å². The lowest BCUT2D eigenvalue weighted by molar-refractivity contribution is -0.160. The zero-order valence-electron chi connectivity index (χ0n) is 11.2. The van der Waals surface area contributed by atoms with Gasteiger partial charge in [-0.25, -0.2) is 8.42 Å². The molecule has 1 saturated heterocycles. The molecule has 5 nitrogen and oxygen atoms in total. The van der Waals surface area contributed by atoms with Crippen LogP contribution in [0.1, 0.15) is 40.0 Å². The first-order valence-corrected chi connectivity index (χ1v) is 7.55. The minimum Gasteiger partial charge on any atom is -0.459 e. The highest BCUT2D eigenvalue weighted by molar-refractivity contribution is 7.92. The van der Waals surface area contributed by atoms with Crippen LogP contribution in [-0.4, -0.2) is 36.9 Å². The van der Waals surface area contributed by atoms with Crippen molar-refractivity contribution in [1.82, 2.24) is 4.31 Å². The van der Waals surface area contributed by atoms with Gasteiger partial charge in [-0.3, -0.25) is 4.79 Å². The van der Waals surface area contributed by atoms with Crippen molar-refractivity contribution >= 4 is 16.0 Å². The summed E-state index contributed by atoms with van der Waals surface area (Å²) in [5.41, 5.74) is -0.613. The van der Waals surface area contributed by atoms with Crippen molar-refractivity contribution < 1.29 is 17.9 Å². The highest BCUT2D eigenvalue weighted by Crippen LogP contribution is 2.23. The van der Waals surface area contributed by atoms with Crippen molar-refractivity contribution in [3.05, 3.63) is 12.0 Å². The lowest BCUT2D eigenvalue weighted by Crippen LogP contribution is -2.49. The van der Waals surface area contributed by atoms with Gasteiger partial charge in [0.15, 0.2) is 0 Å². The number of rotatable bonds is 3. The highest BCUT2D eigenvalue weighted by Gasteiger charge is 2.37. The Hall–Kier alpha value is -0.880. The molecule has 1 aliphatic heterocycles. The van der Waals surface area contributed by atoms with Crippen LogP contribution in [0.15, 0.2) is 12.0 Å². The zero-order chi connectivity index (χ0) is 14.0. The molecule has 1 fully saturated rings. The van der Waals surface area contributed by atoms with Crippen LogP contribution < -0.4 is 0 Å². The average molecular weight is 275 g/mol. The topological polar surface area (TPSA) is 63.7 Å². The van der Waals surface area contributed by atoms with Crippen LogP contribution in [0.5, 0.6) is 0 Å². The second-order valence-corrected chi connectivity index (χ2v) is 7.20. The van der Waals surface area contributed by atoms with Gasteiger partial charge >= 0.3 is 5.97 Å². The van der Waals surface area contributed by atoms with E-state index in [1.807, 2.05) is 0 Å². The zero-order valence-corrected chi connectivity index (χ0v) is 12.0. The van der Waals surface area contributed by atoms with Crippen LogP contribution in [0.2, 0.25) is 0 Å². The molecule has 6 heteroatoms. The molecule has 0 aliphatic carbocycles. The van der Waals surface area contributed by atoms with Crippen molar-refractivity contribution in [3.63, 3.8) is 0 Å². The Morgan fingerprint density at radius 3 is 2.50 bits per heavy atom. The van der Waals surface area contributed by atoms with Crippen molar-refractivity contribution in [2.45, 2.75) is 51.7 Å². The predicted octanol–water partition coefficient (Wildman–Crippen LogP) is 1.66. The number of ether oxygens (including phenoxy) is 1. The van der Waals surface area contributed by atoms with Gasteiger partial charge in [0.1, 0.15) is 11.6 Å². The first-order valence-electron chi connectivity index (χ1n) is 6.04. The molecule has 104 valence electrons. The van der Waals surface area contributed by atoms with E-state index in [9.17, 15) is 13.2 Å². The molecular weight excluding hydrogens is 254 g/mol. The van der Waals surface area contributed by atoms with Crippen molar-refractivity contribution in [1.29, 1.82) is 0 Å². The maximum atomic E-state index is 12.0. The minimum absolute atomic E-state index is 0.345. The van der Waals surface area contributed by atoms with Crippen molar-refractivity contribution in [2.24, 2.45) is 0 Å². The number of carbonyl (C=O) groups excluding carboxylic acids is 1. The Balaban J connectivity index is 2.90. The number of carbonyl (C=O) groups is 1. The fraction of sp³-hybridized carbons (Fsp3) is 0.750. The van der Waals surface area contributed by atoms with Crippen LogP contribution in [-0.2, 0) is 19.6 Å². The summed E-state index contributed by atoms with van der Waals surface area (Å²) in [5, 5.41) is 0.885. The molecule has 0 aromatic carbocycles. The van der Waals surface area contributed by atoms with E-state index in [-0.39, 0.29) is 0 Å². The molecule has 1 rings (SSSR count). The number of piperidine rings is 1. The maximum Gasteiger partial charge on any atom is 0.324 e. The molecule has 1 aliphatic rings. The highest BCUT2D eigenvalue weighted by atomic mass is 32.2. The molecule has 1 heterocycles. The summed E-state index contributed by atoms with van der Waals surface area (Å²) in [6.07, 6.45) is 2.08. The average Bonchev–Trinajstić information content (AvgIpc) is 2.27. The molecule has 0 aromatic rings. The van der Waals surface area contributed by atoms with Crippen LogP contribution in [0.25, 0.3) is 0 Å². The normalized spacial score (nSPS) is 22.5. The van der Waals surface area contributed by atoms with Crippen LogP contribution in [0.4, 0.5) is 0 Å². The molecule has 0 radical (unpaired) electrons. The fourth-order valence-corrected chi connectivity index (χ4v) is 3.03. The van der Waals surface area contributed by atoms with Gasteiger partial charge in [-0.2, -0.15) is 4.31 Å². The van der Waals surface area contributed by atoms with Gasteiger partial charge < -0.3 is 4.74 Å². The Bertz CT molecular complexity index is 422. The predicted molar refractivity (Wildman–Crippen MR) is 69.3 cm³/mol. The first-order chi connectivity index (χ1) is 8.17. The number of hydrogen-bond acceptors (Lipinski definition) is 4. The van der Waals surface area contributed by atoms with E-state index in [1.165, 1.54) is 4.31 Å². The van der Waals surface area contributed by atoms with E-state index in [0.717, 1.165) is 18.2 Å². The van der Waals surface area contributed by atoms with Crippen LogP contribution in [0, 0.1) is 0 Å². The molecule has 1 atom stereocenters. The number of sulfonamides is 1. The van der Waals surface area contributed by atoms with E-state index >= 15 is 0 Å². The van der Waals surface area contributed by atoms with Crippen LogP contribution >= 0.6 is 0 Å². The van der Waals surface area contributed by atoms with Gasteiger partial charge in [-0.15, -0.1) is 0 Å². The molecule has 0 amide bonds. The molecule has 0 N–H and O–H groups in total. The monoisotopic (exact) mass is 275 g/mol. The van der Waals surface area contributed by atoms with Crippen molar-refractivity contribution in [2.75, 3.05) is 6.54 Å². The summed E-state index contributed by atoms with van der Waals surface area (Å²) in [6.45, 7) is 8.93. The quantitative estimate of drug-likeness (QED) is 0.735. The van der Waals surface area contributed by atoms with Gasteiger partial charge in [0.05, 0.1) is 0 Å². The summed E-state index contributed by atoms with van der Waals surface area (Å²) in [6, 6.07) is -0.721. The van der Waals surface area contributed by atoms with Gasteiger partial charge in [0.2, 0.25) is 10.0 Å². The molecular formula is C12H21NO4S. The number of hydrogen-bond donors (Lipinski definition) is 0. The minimum atomic E-state index is -3.57. The Labute approximate surface area is 109 Å². The summed E-state index contributed by atoms with van der Waals surface area (Å²) < 4.78 is 30.1. The van der Waals surface area contributed by atoms with E-state index in [4.69, 9.17) is 4.74 Å². The standard InChI is InChI=1S/C12H21NO4S/c1-5-18(15,16)13-9-7-6-8-10(13)11(14)17-12(2,3)4/h5,10H,1,6-9H2,2-4H3. The van der Waals surface area contributed by atoms with E-state index in [1.54, 1.807) is 20.8 Å². The summed E-state index contributed by atoms with van der Waals surface area (Å²) in [7, 11) is -3.57.